The molecule has 0 unspecified atom stereocenters. The maximum absolute atomic E-state index is 12.1. The Labute approximate surface area is 117 Å². The molecule has 1 N–H and O–H groups in total. The summed E-state index contributed by atoms with van der Waals surface area (Å²) in [6.45, 7) is 1.50. The summed E-state index contributed by atoms with van der Waals surface area (Å²) in [5, 5.41) is 2.77. The van der Waals surface area contributed by atoms with Crippen molar-refractivity contribution in [2.75, 3.05) is 12.4 Å². The molecule has 1 amide bonds. The number of ketones is 1. The van der Waals surface area contributed by atoms with Crippen LogP contribution in [0.4, 0.5) is 5.69 Å². The second-order valence-corrected chi connectivity index (χ2v) is 4.32. The second-order valence-electron chi connectivity index (χ2n) is 4.32. The quantitative estimate of drug-likeness (QED) is 0.867. The number of Topliss-reactive ketones (excluding diaryl/α,β-unsaturated/α-hetero) is 1. The van der Waals surface area contributed by atoms with E-state index in [9.17, 15) is 9.59 Å². The number of methoxy groups -OCH3 is 1. The average Bonchev–Trinajstić information content (AvgIpc) is 2.47. The number of anilines is 1. The third-order valence-electron chi connectivity index (χ3n) is 2.88. The van der Waals surface area contributed by atoms with Gasteiger partial charge < -0.3 is 10.1 Å². The van der Waals surface area contributed by atoms with Crippen molar-refractivity contribution < 1.29 is 14.3 Å². The van der Waals surface area contributed by atoms with Gasteiger partial charge in [0.1, 0.15) is 5.75 Å². The van der Waals surface area contributed by atoms with Gasteiger partial charge in [-0.3, -0.25) is 9.59 Å². The fourth-order valence-electron chi connectivity index (χ4n) is 1.76. The van der Waals surface area contributed by atoms with Crippen LogP contribution in [0.1, 0.15) is 27.6 Å². The minimum atomic E-state index is -0.223. The first-order valence-corrected chi connectivity index (χ1v) is 6.16. The second kappa shape index (κ2) is 6.02. The molecule has 20 heavy (non-hydrogen) atoms. The minimum absolute atomic E-state index is 0.00401. The summed E-state index contributed by atoms with van der Waals surface area (Å²) >= 11 is 0. The van der Waals surface area contributed by atoms with Gasteiger partial charge in [-0.05, 0) is 49.4 Å². The van der Waals surface area contributed by atoms with Gasteiger partial charge in [0.2, 0.25) is 0 Å². The Morgan fingerprint density at radius 3 is 2.30 bits per heavy atom. The number of amides is 1. The van der Waals surface area contributed by atoms with Crippen LogP contribution in [0.2, 0.25) is 0 Å². The molecule has 0 aliphatic carbocycles. The highest BCUT2D eigenvalue weighted by molar-refractivity contribution is 6.04. The van der Waals surface area contributed by atoms with Crippen molar-refractivity contribution in [1.29, 1.82) is 0 Å². The zero-order chi connectivity index (χ0) is 14.5. The highest BCUT2D eigenvalue weighted by Gasteiger charge is 2.07. The van der Waals surface area contributed by atoms with E-state index in [1.54, 1.807) is 55.6 Å². The molecule has 0 saturated heterocycles. The van der Waals surface area contributed by atoms with Crippen LogP contribution in [0.15, 0.2) is 48.5 Å². The van der Waals surface area contributed by atoms with Gasteiger partial charge in [0, 0.05) is 16.8 Å². The number of carbonyl (C=O) groups is 2. The Kier molecular flexibility index (Phi) is 4.15. The first-order valence-electron chi connectivity index (χ1n) is 6.16. The third kappa shape index (κ3) is 3.23. The van der Waals surface area contributed by atoms with Crippen LogP contribution in [0.3, 0.4) is 0 Å². The highest BCUT2D eigenvalue weighted by atomic mass is 16.5. The van der Waals surface area contributed by atoms with Crippen LogP contribution in [0, 0.1) is 0 Å². The summed E-state index contributed by atoms with van der Waals surface area (Å²) in [7, 11) is 1.55. The number of nitrogens with one attached hydrogen (secondary N) is 1. The molecule has 0 bridgehead atoms. The fourth-order valence-corrected chi connectivity index (χ4v) is 1.76. The van der Waals surface area contributed by atoms with Crippen molar-refractivity contribution in [3.8, 4) is 5.75 Å². The summed E-state index contributed by atoms with van der Waals surface area (Å²) in [5.41, 5.74) is 1.77. The summed E-state index contributed by atoms with van der Waals surface area (Å²) in [5.74, 6) is 0.403. The third-order valence-corrected chi connectivity index (χ3v) is 2.88. The topological polar surface area (TPSA) is 55.4 Å². The van der Waals surface area contributed by atoms with E-state index in [1.807, 2.05) is 0 Å². The van der Waals surface area contributed by atoms with Crippen molar-refractivity contribution in [3.05, 3.63) is 59.7 Å². The lowest BCUT2D eigenvalue weighted by atomic mass is 10.1. The summed E-state index contributed by atoms with van der Waals surface area (Å²) in [6, 6.07) is 13.7. The van der Waals surface area contributed by atoms with Crippen molar-refractivity contribution in [1.82, 2.24) is 0 Å². The Morgan fingerprint density at radius 2 is 1.70 bits per heavy atom. The Bertz CT molecular complexity index is 632. The van der Waals surface area contributed by atoms with E-state index in [1.165, 1.54) is 6.92 Å². The molecule has 0 aliphatic rings. The van der Waals surface area contributed by atoms with Gasteiger partial charge in [0.15, 0.2) is 5.78 Å². The number of benzene rings is 2. The van der Waals surface area contributed by atoms with Crippen molar-refractivity contribution in [2.45, 2.75) is 6.92 Å². The number of hydrogen-bond donors (Lipinski definition) is 1. The first kappa shape index (κ1) is 13.8. The van der Waals surface area contributed by atoms with Gasteiger partial charge in [-0.1, -0.05) is 6.07 Å². The SMILES string of the molecule is COc1cccc(C(=O)Nc2ccc(C(C)=O)cc2)c1. The minimum Gasteiger partial charge on any atom is -0.497 e. The molecule has 0 aliphatic heterocycles. The van der Waals surface area contributed by atoms with E-state index in [0.717, 1.165) is 0 Å². The molecule has 4 nitrogen and oxygen atoms in total. The fraction of sp³-hybridized carbons (Fsp3) is 0.125. The molecule has 2 rings (SSSR count). The lowest BCUT2D eigenvalue weighted by Crippen LogP contribution is -2.12. The van der Waals surface area contributed by atoms with Crippen LogP contribution in [0.25, 0.3) is 0 Å². The Hall–Kier alpha value is -2.62. The smallest absolute Gasteiger partial charge is 0.255 e. The standard InChI is InChI=1S/C16H15NO3/c1-11(18)12-6-8-14(9-7-12)17-16(19)13-4-3-5-15(10-13)20-2/h3-10H,1-2H3,(H,17,19). The number of hydrogen-bond acceptors (Lipinski definition) is 3. The zero-order valence-electron chi connectivity index (χ0n) is 11.3. The van der Waals surface area contributed by atoms with Crippen molar-refractivity contribution in [3.63, 3.8) is 0 Å². The molecule has 0 saturated carbocycles. The molecular formula is C16H15NO3. The first-order chi connectivity index (χ1) is 9.60. The largest absolute Gasteiger partial charge is 0.497 e. The van der Waals surface area contributed by atoms with Crippen LogP contribution in [0.5, 0.6) is 5.75 Å². The summed E-state index contributed by atoms with van der Waals surface area (Å²) < 4.78 is 5.08. The van der Waals surface area contributed by atoms with E-state index in [-0.39, 0.29) is 11.7 Å². The number of carbonyl (C=O) groups excluding carboxylic acids is 2. The predicted octanol–water partition coefficient (Wildman–Crippen LogP) is 3.15. The maximum atomic E-state index is 12.1. The molecular weight excluding hydrogens is 254 g/mol. The van der Waals surface area contributed by atoms with E-state index >= 15 is 0 Å². The zero-order valence-corrected chi connectivity index (χ0v) is 11.3. The predicted molar refractivity (Wildman–Crippen MR) is 77.4 cm³/mol. The number of rotatable bonds is 4. The monoisotopic (exact) mass is 269 g/mol. The molecule has 0 aromatic heterocycles. The Balaban J connectivity index is 2.12. The molecule has 0 spiro atoms. The highest BCUT2D eigenvalue weighted by Crippen LogP contribution is 2.15. The van der Waals surface area contributed by atoms with Crippen LogP contribution in [-0.2, 0) is 0 Å². The molecule has 0 radical (unpaired) electrons. The van der Waals surface area contributed by atoms with Gasteiger partial charge in [-0.25, -0.2) is 0 Å². The lowest BCUT2D eigenvalue weighted by Gasteiger charge is -2.07. The Morgan fingerprint density at radius 1 is 1.00 bits per heavy atom. The van der Waals surface area contributed by atoms with Crippen molar-refractivity contribution in [2.24, 2.45) is 0 Å². The van der Waals surface area contributed by atoms with Crippen LogP contribution in [-0.4, -0.2) is 18.8 Å². The van der Waals surface area contributed by atoms with Gasteiger partial charge in [-0.15, -0.1) is 0 Å². The van der Waals surface area contributed by atoms with Crippen LogP contribution < -0.4 is 10.1 Å². The molecule has 0 heterocycles. The van der Waals surface area contributed by atoms with E-state index < -0.39 is 0 Å². The maximum Gasteiger partial charge on any atom is 0.255 e. The normalized spacial score (nSPS) is 9.90. The molecule has 0 fully saturated rings. The number of ether oxygens (including phenoxy) is 1. The van der Waals surface area contributed by atoms with E-state index in [2.05, 4.69) is 5.32 Å². The molecule has 4 heteroatoms. The van der Waals surface area contributed by atoms with E-state index in [4.69, 9.17) is 4.74 Å². The summed E-state index contributed by atoms with van der Waals surface area (Å²) in [4.78, 5) is 23.2. The average molecular weight is 269 g/mol. The van der Waals surface area contributed by atoms with Gasteiger partial charge >= 0.3 is 0 Å². The van der Waals surface area contributed by atoms with Crippen LogP contribution >= 0.6 is 0 Å². The molecule has 2 aromatic carbocycles. The molecule has 2 aromatic rings. The van der Waals surface area contributed by atoms with E-state index in [0.29, 0.717) is 22.6 Å². The lowest BCUT2D eigenvalue weighted by molar-refractivity contribution is 0.101. The van der Waals surface area contributed by atoms with Gasteiger partial charge in [0.05, 0.1) is 7.11 Å². The van der Waals surface area contributed by atoms with Gasteiger partial charge in [0.25, 0.3) is 5.91 Å². The van der Waals surface area contributed by atoms with Crippen molar-refractivity contribution >= 4 is 17.4 Å². The van der Waals surface area contributed by atoms with Gasteiger partial charge in [-0.2, -0.15) is 0 Å². The molecule has 0 atom stereocenters. The summed E-state index contributed by atoms with van der Waals surface area (Å²) in [6.07, 6.45) is 0. The molecule has 102 valence electrons.